The smallest absolute Gasteiger partial charge is 0.338 e. The molecule has 0 saturated carbocycles. The van der Waals surface area contributed by atoms with Crippen LogP contribution < -0.4 is 0 Å². The van der Waals surface area contributed by atoms with E-state index in [0.29, 0.717) is 29.4 Å². The largest absolute Gasteiger partial charge is 0.462 e. The van der Waals surface area contributed by atoms with Crippen LogP contribution in [0, 0.1) is 5.41 Å². The lowest BCUT2D eigenvalue weighted by Crippen LogP contribution is -2.03. The fourth-order valence-electron chi connectivity index (χ4n) is 1.55. The Hall–Kier alpha value is -2.69. The molecular formula is C15H14N2O3. The van der Waals surface area contributed by atoms with Crippen molar-refractivity contribution in [2.75, 3.05) is 6.61 Å². The Bertz CT molecular complexity index is 627. The Kier molecular flexibility index (Phi) is 4.44. The number of carbonyl (C=O) groups is 1. The van der Waals surface area contributed by atoms with Crippen molar-refractivity contribution < 1.29 is 13.9 Å². The molecule has 1 N–H and O–H groups in total. The summed E-state index contributed by atoms with van der Waals surface area (Å²) in [5, 5.41) is 7.04. The van der Waals surface area contributed by atoms with Crippen LogP contribution in [0.3, 0.4) is 0 Å². The maximum Gasteiger partial charge on any atom is 0.338 e. The van der Waals surface area contributed by atoms with Gasteiger partial charge in [-0.05, 0) is 43.3 Å². The molecule has 5 heteroatoms. The molecule has 0 aliphatic heterocycles. The number of carbonyl (C=O) groups excluding carboxylic acids is 1. The molecular weight excluding hydrogens is 256 g/mol. The standard InChI is InChI=1S/C15H14N2O3/c1-2-19-15(18)11-3-5-12(6-4-11)17-10-14-8-7-13(9-16)20-14/h3-10,16H,2H2,1H3. The Morgan fingerprint density at radius 3 is 2.55 bits per heavy atom. The van der Waals surface area contributed by atoms with Gasteiger partial charge in [-0.15, -0.1) is 0 Å². The molecule has 0 saturated heterocycles. The quantitative estimate of drug-likeness (QED) is 0.669. The van der Waals surface area contributed by atoms with Crippen LogP contribution in [0.15, 0.2) is 45.8 Å². The van der Waals surface area contributed by atoms with Gasteiger partial charge in [0.2, 0.25) is 0 Å². The number of nitrogens with zero attached hydrogens (tertiary/aromatic N) is 1. The first-order chi connectivity index (χ1) is 9.72. The molecule has 2 rings (SSSR count). The van der Waals surface area contributed by atoms with Gasteiger partial charge in [-0.1, -0.05) is 0 Å². The van der Waals surface area contributed by atoms with Crippen LogP contribution >= 0.6 is 0 Å². The number of esters is 1. The highest BCUT2D eigenvalue weighted by Gasteiger charge is 2.05. The molecule has 0 unspecified atom stereocenters. The van der Waals surface area contributed by atoms with Crippen LogP contribution in [-0.4, -0.2) is 25.0 Å². The lowest BCUT2D eigenvalue weighted by Gasteiger charge is -2.01. The minimum Gasteiger partial charge on any atom is -0.462 e. The zero-order valence-corrected chi connectivity index (χ0v) is 11.0. The molecule has 20 heavy (non-hydrogen) atoms. The van der Waals surface area contributed by atoms with Gasteiger partial charge in [-0.25, -0.2) is 4.79 Å². The Balaban J connectivity index is 2.06. The molecule has 5 nitrogen and oxygen atoms in total. The van der Waals surface area contributed by atoms with Gasteiger partial charge in [0.25, 0.3) is 0 Å². The van der Waals surface area contributed by atoms with E-state index in [-0.39, 0.29) is 5.97 Å². The Morgan fingerprint density at radius 1 is 1.25 bits per heavy atom. The molecule has 102 valence electrons. The summed E-state index contributed by atoms with van der Waals surface area (Å²) < 4.78 is 10.2. The number of hydrogen-bond donors (Lipinski definition) is 1. The van der Waals surface area contributed by atoms with Gasteiger partial charge in [-0.2, -0.15) is 0 Å². The number of rotatable bonds is 5. The molecule has 0 amide bonds. The molecule has 0 aliphatic rings. The van der Waals surface area contributed by atoms with E-state index in [4.69, 9.17) is 14.6 Å². The fraction of sp³-hybridized carbons (Fsp3) is 0.133. The van der Waals surface area contributed by atoms with Crippen molar-refractivity contribution in [1.82, 2.24) is 0 Å². The summed E-state index contributed by atoms with van der Waals surface area (Å²) in [6.07, 6.45) is 2.69. The zero-order chi connectivity index (χ0) is 14.4. The molecule has 0 radical (unpaired) electrons. The van der Waals surface area contributed by atoms with Crippen LogP contribution in [0.1, 0.15) is 28.8 Å². The van der Waals surface area contributed by atoms with Crippen LogP contribution in [-0.2, 0) is 4.74 Å². The van der Waals surface area contributed by atoms with Gasteiger partial charge in [0, 0.05) is 0 Å². The topological polar surface area (TPSA) is 75.7 Å². The number of furan rings is 1. The minimum atomic E-state index is -0.343. The minimum absolute atomic E-state index is 0.343. The summed E-state index contributed by atoms with van der Waals surface area (Å²) in [5.41, 5.74) is 1.20. The number of ether oxygens (including phenoxy) is 1. The van der Waals surface area contributed by atoms with Crippen molar-refractivity contribution in [2.45, 2.75) is 6.92 Å². The third kappa shape index (κ3) is 3.41. The highest BCUT2D eigenvalue weighted by atomic mass is 16.5. The number of hydrogen-bond acceptors (Lipinski definition) is 5. The molecule has 1 aromatic carbocycles. The van der Waals surface area contributed by atoms with Crippen LogP contribution in [0.4, 0.5) is 5.69 Å². The van der Waals surface area contributed by atoms with Crippen molar-refractivity contribution in [1.29, 1.82) is 5.41 Å². The van der Waals surface area contributed by atoms with Gasteiger partial charge in [0.15, 0.2) is 0 Å². The monoisotopic (exact) mass is 270 g/mol. The van der Waals surface area contributed by atoms with Gasteiger partial charge in [0.1, 0.15) is 11.5 Å². The van der Waals surface area contributed by atoms with E-state index in [2.05, 4.69) is 4.99 Å². The summed E-state index contributed by atoms with van der Waals surface area (Å²) in [7, 11) is 0. The van der Waals surface area contributed by atoms with E-state index in [0.717, 1.165) is 6.21 Å². The van der Waals surface area contributed by atoms with E-state index in [1.54, 1.807) is 49.5 Å². The number of benzene rings is 1. The number of aliphatic imine (C=N–C) groups is 1. The van der Waals surface area contributed by atoms with Crippen molar-refractivity contribution in [2.24, 2.45) is 4.99 Å². The van der Waals surface area contributed by atoms with Crippen LogP contribution in [0.25, 0.3) is 0 Å². The summed E-state index contributed by atoms with van der Waals surface area (Å²) >= 11 is 0. The molecule has 1 aromatic heterocycles. The predicted octanol–water partition coefficient (Wildman–Crippen LogP) is 3.20. The average molecular weight is 270 g/mol. The lowest BCUT2D eigenvalue weighted by atomic mass is 10.2. The Labute approximate surface area is 116 Å². The molecule has 2 aromatic rings. The maximum absolute atomic E-state index is 11.5. The first kappa shape index (κ1) is 13.7. The third-order valence-electron chi connectivity index (χ3n) is 2.51. The normalized spacial score (nSPS) is 10.7. The van der Waals surface area contributed by atoms with E-state index >= 15 is 0 Å². The van der Waals surface area contributed by atoms with E-state index in [9.17, 15) is 4.79 Å². The lowest BCUT2D eigenvalue weighted by molar-refractivity contribution is 0.0526. The summed E-state index contributed by atoms with van der Waals surface area (Å²) in [6.45, 7) is 2.12. The first-order valence-corrected chi connectivity index (χ1v) is 6.14. The predicted molar refractivity (Wildman–Crippen MR) is 76.2 cm³/mol. The molecule has 0 spiro atoms. The SMILES string of the molecule is CCOC(=O)c1ccc(N=Cc2ccc(C=N)o2)cc1. The van der Waals surface area contributed by atoms with Gasteiger partial charge < -0.3 is 14.6 Å². The summed E-state index contributed by atoms with van der Waals surface area (Å²) in [5.74, 6) is 0.701. The second-order valence-electron chi connectivity index (χ2n) is 3.91. The Morgan fingerprint density at radius 2 is 1.95 bits per heavy atom. The first-order valence-electron chi connectivity index (χ1n) is 6.14. The van der Waals surface area contributed by atoms with E-state index in [1.807, 2.05) is 0 Å². The molecule has 0 aliphatic carbocycles. The van der Waals surface area contributed by atoms with Crippen molar-refractivity contribution in [3.63, 3.8) is 0 Å². The van der Waals surface area contributed by atoms with Crippen LogP contribution in [0.5, 0.6) is 0 Å². The summed E-state index contributed by atoms with van der Waals surface area (Å²) in [4.78, 5) is 15.7. The molecule has 1 heterocycles. The second-order valence-corrected chi connectivity index (χ2v) is 3.91. The molecule has 0 fully saturated rings. The number of nitrogens with one attached hydrogen (secondary N) is 1. The molecule has 0 bridgehead atoms. The summed E-state index contributed by atoms with van der Waals surface area (Å²) in [6, 6.07) is 10.2. The van der Waals surface area contributed by atoms with Gasteiger partial charge in [0.05, 0.1) is 30.3 Å². The van der Waals surface area contributed by atoms with E-state index < -0.39 is 0 Å². The van der Waals surface area contributed by atoms with Crippen molar-refractivity contribution in [3.05, 3.63) is 53.5 Å². The van der Waals surface area contributed by atoms with Gasteiger partial charge >= 0.3 is 5.97 Å². The molecule has 0 atom stereocenters. The second kappa shape index (κ2) is 6.47. The zero-order valence-electron chi connectivity index (χ0n) is 11.0. The van der Waals surface area contributed by atoms with E-state index in [1.165, 1.54) is 0 Å². The highest BCUT2D eigenvalue weighted by Crippen LogP contribution is 2.14. The van der Waals surface area contributed by atoms with Crippen molar-refractivity contribution in [3.8, 4) is 0 Å². The fourth-order valence-corrected chi connectivity index (χ4v) is 1.55. The highest BCUT2D eigenvalue weighted by molar-refractivity contribution is 5.90. The van der Waals surface area contributed by atoms with Crippen molar-refractivity contribution >= 4 is 24.1 Å². The van der Waals surface area contributed by atoms with Gasteiger partial charge in [-0.3, -0.25) is 4.99 Å². The van der Waals surface area contributed by atoms with Crippen LogP contribution in [0.2, 0.25) is 0 Å². The average Bonchev–Trinajstić information content (AvgIpc) is 2.94. The maximum atomic E-state index is 11.5. The third-order valence-corrected chi connectivity index (χ3v) is 2.51.